The minimum absolute atomic E-state index is 0.126. The van der Waals surface area contributed by atoms with Gasteiger partial charge in [-0.2, -0.15) is 0 Å². The van der Waals surface area contributed by atoms with E-state index in [-0.39, 0.29) is 5.91 Å². The SMILES string of the molecule is COc1cc(NC(=O)CCNc2ccccc2C)c(OC)cc1Cl. The number of methoxy groups -OCH3 is 2. The Labute approximate surface area is 146 Å². The van der Waals surface area contributed by atoms with Crippen LogP contribution in [0.2, 0.25) is 5.02 Å². The van der Waals surface area contributed by atoms with Crippen molar-refractivity contribution in [2.75, 3.05) is 31.4 Å². The first-order valence-electron chi connectivity index (χ1n) is 7.56. The number of anilines is 2. The summed E-state index contributed by atoms with van der Waals surface area (Å²) in [4.78, 5) is 12.2. The molecule has 0 aromatic heterocycles. The largest absolute Gasteiger partial charge is 0.495 e. The standard InChI is InChI=1S/C18H21ClN2O3/c1-12-6-4-5-7-14(12)20-9-8-18(22)21-15-11-16(23-2)13(19)10-17(15)24-3/h4-7,10-11,20H,8-9H2,1-3H3,(H,21,22). The summed E-state index contributed by atoms with van der Waals surface area (Å²) in [5, 5.41) is 6.50. The number of carbonyl (C=O) groups excluding carboxylic acids is 1. The van der Waals surface area contributed by atoms with Crippen molar-refractivity contribution in [2.24, 2.45) is 0 Å². The topological polar surface area (TPSA) is 59.6 Å². The Morgan fingerprint density at radius 2 is 1.79 bits per heavy atom. The van der Waals surface area contributed by atoms with Gasteiger partial charge in [-0.05, 0) is 18.6 Å². The predicted octanol–water partition coefficient (Wildman–Crippen LogP) is 4.11. The number of aryl methyl sites for hydroxylation is 1. The molecule has 0 atom stereocenters. The van der Waals surface area contributed by atoms with Gasteiger partial charge in [-0.25, -0.2) is 0 Å². The van der Waals surface area contributed by atoms with Crippen molar-refractivity contribution < 1.29 is 14.3 Å². The zero-order chi connectivity index (χ0) is 17.5. The fourth-order valence-electron chi connectivity index (χ4n) is 2.25. The molecule has 0 unspecified atom stereocenters. The Morgan fingerprint density at radius 3 is 2.46 bits per heavy atom. The van der Waals surface area contributed by atoms with Crippen molar-refractivity contribution in [1.82, 2.24) is 0 Å². The minimum atomic E-state index is -0.126. The first-order chi connectivity index (χ1) is 11.5. The average molecular weight is 349 g/mol. The van der Waals surface area contributed by atoms with Crippen molar-refractivity contribution in [2.45, 2.75) is 13.3 Å². The van der Waals surface area contributed by atoms with Crippen LogP contribution in [0.15, 0.2) is 36.4 Å². The van der Waals surface area contributed by atoms with Crippen molar-refractivity contribution in [3.63, 3.8) is 0 Å². The molecule has 0 saturated carbocycles. The molecule has 6 heteroatoms. The zero-order valence-electron chi connectivity index (χ0n) is 14.0. The van der Waals surface area contributed by atoms with Crippen molar-refractivity contribution in [1.29, 1.82) is 0 Å². The van der Waals surface area contributed by atoms with E-state index in [1.807, 2.05) is 31.2 Å². The van der Waals surface area contributed by atoms with Gasteiger partial charge in [0.1, 0.15) is 11.5 Å². The quantitative estimate of drug-likeness (QED) is 0.790. The minimum Gasteiger partial charge on any atom is -0.495 e. The summed E-state index contributed by atoms with van der Waals surface area (Å²) in [6.45, 7) is 2.55. The third kappa shape index (κ3) is 4.55. The van der Waals surface area contributed by atoms with E-state index in [1.54, 1.807) is 12.1 Å². The lowest BCUT2D eigenvalue weighted by Crippen LogP contribution is -2.17. The van der Waals surface area contributed by atoms with Crippen LogP contribution in [0.3, 0.4) is 0 Å². The van der Waals surface area contributed by atoms with Gasteiger partial charge in [0.2, 0.25) is 5.91 Å². The normalized spacial score (nSPS) is 10.2. The van der Waals surface area contributed by atoms with Gasteiger partial charge in [0, 0.05) is 30.8 Å². The number of halogens is 1. The summed E-state index contributed by atoms with van der Waals surface area (Å²) < 4.78 is 10.4. The molecule has 5 nitrogen and oxygen atoms in total. The van der Waals surface area contributed by atoms with Gasteiger partial charge in [0.25, 0.3) is 0 Å². The molecule has 0 radical (unpaired) electrons. The smallest absolute Gasteiger partial charge is 0.226 e. The van der Waals surface area contributed by atoms with Gasteiger partial charge in [-0.15, -0.1) is 0 Å². The molecule has 0 heterocycles. The van der Waals surface area contributed by atoms with E-state index in [0.29, 0.717) is 35.2 Å². The maximum atomic E-state index is 12.2. The highest BCUT2D eigenvalue weighted by Gasteiger charge is 2.12. The van der Waals surface area contributed by atoms with E-state index >= 15 is 0 Å². The van der Waals surface area contributed by atoms with Crippen LogP contribution in [0, 0.1) is 6.92 Å². The summed E-state index contributed by atoms with van der Waals surface area (Å²) in [7, 11) is 3.04. The number of benzene rings is 2. The number of carbonyl (C=O) groups is 1. The number of ether oxygens (including phenoxy) is 2. The summed E-state index contributed by atoms with van der Waals surface area (Å²) in [5.41, 5.74) is 2.69. The molecule has 0 aliphatic carbocycles. The van der Waals surface area contributed by atoms with Crippen molar-refractivity contribution in [3.05, 3.63) is 47.0 Å². The molecule has 2 aromatic carbocycles. The number of amides is 1. The Bertz CT molecular complexity index is 719. The van der Waals surface area contributed by atoms with E-state index in [1.165, 1.54) is 14.2 Å². The molecule has 2 rings (SSSR count). The van der Waals surface area contributed by atoms with E-state index in [9.17, 15) is 4.79 Å². The van der Waals surface area contributed by atoms with Gasteiger partial charge in [0.15, 0.2) is 0 Å². The van der Waals surface area contributed by atoms with Crippen molar-refractivity contribution >= 4 is 28.9 Å². The highest BCUT2D eigenvalue weighted by atomic mass is 35.5. The van der Waals surface area contributed by atoms with Gasteiger partial charge in [0.05, 0.1) is 24.9 Å². The molecule has 0 fully saturated rings. The highest BCUT2D eigenvalue weighted by molar-refractivity contribution is 6.32. The molecule has 0 bridgehead atoms. The summed E-state index contributed by atoms with van der Waals surface area (Å²) in [6, 6.07) is 11.2. The molecule has 24 heavy (non-hydrogen) atoms. The second-order valence-corrected chi connectivity index (χ2v) is 5.63. The molecule has 2 aromatic rings. The van der Waals surface area contributed by atoms with Crippen LogP contribution in [-0.4, -0.2) is 26.7 Å². The molecule has 0 saturated heterocycles. The number of rotatable bonds is 7. The van der Waals surface area contributed by atoms with Gasteiger partial charge >= 0.3 is 0 Å². The maximum Gasteiger partial charge on any atom is 0.226 e. The summed E-state index contributed by atoms with van der Waals surface area (Å²) in [5.74, 6) is 0.838. The van der Waals surface area contributed by atoms with Crippen LogP contribution in [0.4, 0.5) is 11.4 Å². The third-order valence-electron chi connectivity index (χ3n) is 3.56. The van der Waals surface area contributed by atoms with Crippen LogP contribution < -0.4 is 20.1 Å². The lowest BCUT2D eigenvalue weighted by molar-refractivity contribution is -0.116. The fraction of sp³-hybridized carbons (Fsp3) is 0.278. The summed E-state index contributed by atoms with van der Waals surface area (Å²) >= 11 is 6.06. The average Bonchev–Trinajstić information content (AvgIpc) is 2.57. The molecule has 0 spiro atoms. The van der Waals surface area contributed by atoms with Crippen LogP contribution in [0.25, 0.3) is 0 Å². The van der Waals surface area contributed by atoms with Crippen LogP contribution in [0.1, 0.15) is 12.0 Å². The maximum absolute atomic E-state index is 12.2. The first kappa shape index (κ1) is 17.9. The van der Waals surface area contributed by atoms with Crippen LogP contribution >= 0.6 is 11.6 Å². The van der Waals surface area contributed by atoms with Gasteiger partial charge in [-0.1, -0.05) is 29.8 Å². The van der Waals surface area contributed by atoms with E-state index < -0.39 is 0 Å². The van der Waals surface area contributed by atoms with Gasteiger partial charge < -0.3 is 20.1 Å². The Balaban J connectivity index is 1.96. The van der Waals surface area contributed by atoms with Crippen molar-refractivity contribution in [3.8, 4) is 11.5 Å². The number of para-hydroxylation sites is 1. The first-order valence-corrected chi connectivity index (χ1v) is 7.93. The second kappa shape index (κ2) is 8.45. The lowest BCUT2D eigenvalue weighted by Gasteiger charge is -2.14. The molecule has 128 valence electrons. The van der Waals surface area contributed by atoms with Gasteiger partial charge in [-0.3, -0.25) is 4.79 Å². The zero-order valence-corrected chi connectivity index (χ0v) is 14.7. The van der Waals surface area contributed by atoms with Crippen LogP contribution in [-0.2, 0) is 4.79 Å². The lowest BCUT2D eigenvalue weighted by atomic mass is 10.2. The van der Waals surface area contributed by atoms with E-state index in [0.717, 1.165) is 11.3 Å². The molecule has 0 aliphatic heterocycles. The Kier molecular flexibility index (Phi) is 6.32. The van der Waals surface area contributed by atoms with E-state index in [4.69, 9.17) is 21.1 Å². The Hall–Kier alpha value is -2.40. The molecule has 1 amide bonds. The molecular formula is C18H21ClN2O3. The number of nitrogens with one attached hydrogen (secondary N) is 2. The second-order valence-electron chi connectivity index (χ2n) is 5.23. The number of hydrogen-bond acceptors (Lipinski definition) is 4. The molecule has 2 N–H and O–H groups in total. The molecule has 0 aliphatic rings. The summed E-state index contributed by atoms with van der Waals surface area (Å²) in [6.07, 6.45) is 0.322. The highest BCUT2D eigenvalue weighted by Crippen LogP contribution is 2.35. The number of hydrogen-bond donors (Lipinski definition) is 2. The van der Waals surface area contributed by atoms with Crippen LogP contribution in [0.5, 0.6) is 11.5 Å². The predicted molar refractivity (Wildman–Crippen MR) is 97.5 cm³/mol. The van der Waals surface area contributed by atoms with E-state index in [2.05, 4.69) is 10.6 Å². The third-order valence-corrected chi connectivity index (χ3v) is 3.86. The fourth-order valence-corrected chi connectivity index (χ4v) is 2.48. The monoisotopic (exact) mass is 348 g/mol. The Morgan fingerprint density at radius 1 is 1.08 bits per heavy atom. The molecular weight excluding hydrogens is 328 g/mol.